The summed E-state index contributed by atoms with van der Waals surface area (Å²) in [6.45, 7) is 1.25. The summed E-state index contributed by atoms with van der Waals surface area (Å²) in [5.74, 6) is -1.48. The fourth-order valence-electron chi connectivity index (χ4n) is 3.10. The van der Waals surface area contributed by atoms with Crippen molar-refractivity contribution in [1.82, 2.24) is 4.57 Å². The lowest BCUT2D eigenvalue weighted by molar-refractivity contribution is -0.117. The van der Waals surface area contributed by atoms with Crippen molar-refractivity contribution >= 4 is 11.8 Å². The second-order valence-electron chi connectivity index (χ2n) is 5.87. The van der Waals surface area contributed by atoms with Gasteiger partial charge in [-0.3, -0.25) is 9.59 Å². The Bertz CT molecular complexity index is 864. The Morgan fingerprint density at radius 1 is 1.13 bits per heavy atom. The minimum atomic E-state index is -1.28. The average Bonchev–Trinajstić information content (AvgIpc) is 2.95. The molecule has 0 unspecified atom stereocenters. The Morgan fingerprint density at radius 3 is 2.57 bits per heavy atom. The van der Waals surface area contributed by atoms with Crippen LogP contribution < -0.4 is 5.56 Å². The molecule has 0 amide bonds. The number of carbonyl (C=O) groups is 2. The van der Waals surface area contributed by atoms with Gasteiger partial charge in [0, 0.05) is 0 Å². The molecule has 1 N–H and O–H groups in total. The van der Waals surface area contributed by atoms with Crippen LogP contribution in [0.2, 0.25) is 0 Å². The van der Waals surface area contributed by atoms with Gasteiger partial charge in [-0.1, -0.05) is 12.1 Å². The van der Waals surface area contributed by atoms with E-state index in [2.05, 4.69) is 0 Å². The standard InChI is InChI=1S/C18H17NO4/c1-11(20)10-19-16(8-7-15(17(19)21)18(22)23)14-6-5-12-3-2-4-13(12)9-14/h5-9H,2-4,10H2,1H3,(H,22,23). The maximum absolute atomic E-state index is 12.4. The highest BCUT2D eigenvalue weighted by Gasteiger charge is 2.18. The number of aromatic nitrogens is 1. The van der Waals surface area contributed by atoms with Gasteiger partial charge in [-0.05, 0) is 61.1 Å². The minimum absolute atomic E-state index is 0.133. The zero-order valence-corrected chi connectivity index (χ0v) is 12.8. The molecule has 0 atom stereocenters. The molecule has 1 aromatic carbocycles. The number of fused-ring (bicyclic) bond motifs is 1. The molecule has 3 rings (SSSR count). The van der Waals surface area contributed by atoms with Crippen molar-refractivity contribution in [3.05, 3.63) is 57.4 Å². The quantitative estimate of drug-likeness (QED) is 0.940. The van der Waals surface area contributed by atoms with Gasteiger partial charge in [0.1, 0.15) is 11.3 Å². The van der Waals surface area contributed by atoms with Crippen molar-refractivity contribution in [3.63, 3.8) is 0 Å². The van der Waals surface area contributed by atoms with E-state index in [1.54, 1.807) is 6.07 Å². The van der Waals surface area contributed by atoms with Crippen molar-refractivity contribution in [2.75, 3.05) is 0 Å². The first-order chi connectivity index (χ1) is 11.0. The third-order valence-corrected chi connectivity index (χ3v) is 4.18. The maximum Gasteiger partial charge on any atom is 0.341 e. The van der Waals surface area contributed by atoms with Gasteiger partial charge in [0.25, 0.3) is 5.56 Å². The number of hydrogen-bond donors (Lipinski definition) is 1. The van der Waals surface area contributed by atoms with Crippen LogP contribution in [0, 0.1) is 0 Å². The van der Waals surface area contributed by atoms with Gasteiger partial charge in [0.15, 0.2) is 0 Å². The lowest BCUT2D eigenvalue weighted by Gasteiger charge is -2.13. The Morgan fingerprint density at radius 2 is 1.87 bits per heavy atom. The molecule has 118 valence electrons. The summed E-state index contributed by atoms with van der Waals surface area (Å²) in [6.07, 6.45) is 3.19. The van der Waals surface area contributed by atoms with E-state index < -0.39 is 11.5 Å². The van der Waals surface area contributed by atoms with Gasteiger partial charge in [-0.15, -0.1) is 0 Å². The Balaban J connectivity index is 2.18. The molecule has 5 heteroatoms. The molecule has 0 spiro atoms. The van der Waals surface area contributed by atoms with Crippen LogP contribution in [-0.4, -0.2) is 21.4 Å². The van der Waals surface area contributed by atoms with Crippen molar-refractivity contribution in [2.45, 2.75) is 32.7 Å². The second kappa shape index (κ2) is 5.83. The fraction of sp³-hybridized carbons (Fsp3) is 0.278. The predicted octanol–water partition coefficient (Wildman–Crippen LogP) is 2.29. The minimum Gasteiger partial charge on any atom is -0.477 e. The first kappa shape index (κ1) is 15.2. The number of carbonyl (C=O) groups excluding carboxylic acids is 1. The average molecular weight is 311 g/mol. The van der Waals surface area contributed by atoms with Crippen LogP contribution >= 0.6 is 0 Å². The maximum atomic E-state index is 12.4. The lowest BCUT2D eigenvalue weighted by Crippen LogP contribution is -2.29. The highest BCUT2D eigenvalue weighted by molar-refractivity contribution is 5.88. The second-order valence-corrected chi connectivity index (χ2v) is 5.87. The predicted molar refractivity (Wildman–Crippen MR) is 85.8 cm³/mol. The van der Waals surface area contributed by atoms with Gasteiger partial charge >= 0.3 is 5.97 Å². The van der Waals surface area contributed by atoms with E-state index in [0.29, 0.717) is 5.69 Å². The zero-order chi connectivity index (χ0) is 16.6. The molecule has 0 bridgehead atoms. The van der Waals surface area contributed by atoms with Crippen molar-refractivity contribution in [1.29, 1.82) is 0 Å². The normalized spacial score (nSPS) is 12.9. The monoisotopic (exact) mass is 311 g/mol. The molecule has 1 heterocycles. The number of rotatable bonds is 4. The summed E-state index contributed by atoms with van der Waals surface area (Å²) in [7, 11) is 0. The van der Waals surface area contributed by atoms with Gasteiger partial charge < -0.3 is 9.67 Å². The largest absolute Gasteiger partial charge is 0.477 e. The number of aryl methyl sites for hydroxylation is 2. The summed E-state index contributed by atoms with van der Waals surface area (Å²) >= 11 is 0. The van der Waals surface area contributed by atoms with Gasteiger partial charge in [-0.25, -0.2) is 4.79 Å². The van der Waals surface area contributed by atoms with Crippen LogP contribution in [0.4, 0.5) is 0 Å². The molecule has 5 nitrogen and oxygen atoms in total. The van der Waals surface area contributed by atoms with Gasteiger partial charge in [0.2, 0.25) is 0 Å². The Hall–Kier alpha value is -2.69. The molecule has 0 saturated carbocycles. The molecular formula is C18H17NO4. The molecule has 0 aliphatic heterocycles. The highest BCUT2D eigenvalue weighted by Crippen LogP contribution is 2.27. The molecule has 1 aliphatic rings. The van der Waals surface area contributed by atoms with Crippen molar-refractivity contribution in [3.8, 4) is 11.3 Å². The number of pyridine rings is 1. The Kier molecular flexibility index (Phi) is 3.86. The number of carboxylic acid groups (broad SMARTS) is 1. The van der Waals surface area contributed by atoms with E-state index in [9.17, 15) is 14.4 Å². The van der Waals surface area contributed by atoms with Crippen LogP contribution in [0.15, 0.2) is 35.1 Å². The number of hydrogen-bond acceptors (Lipinski definition) is 3. The first-order valence-corrected chi connectivity index (χ1v) is 7.56. The first-order valence-electron chi connectivity index (χ1n) is 7.56. The van der Waals surface area contributed by atoms with Crippen molar-refractivity contribution < 1.29 is 14.7 Å². The third kappa shape index (κ3) is 2.82. The van der Waals surface area contributed by atoms with Crippen LogP contribution in [0.25, 0.3) is 11.3 Å². The van der Waals surface area contributed by atoms with E-state index in [1.165, 1.54) is 28.7 Å². The smallest absolute Gasteiger partial charge is 0.341 e. The van der Waals surface area contributed by atoms with E-state index in [1.807, 2.05) is 18.2 Å². The van der Waals surface area contributed by atoms with Crippen LogP contribution in [0.1, 0.15) is 34.8 Å². The number of nitrogens with zero attached hydrogens (tertiary/aromatic N) is 1. The summed E-state index contributed by atoms with van der Waals surface area (Å²) in [4.78, 5) is 35.1. The molecule has 0 saturated heterocycles. The van der Waals surface area contributed by atoms with E-state index in [0.717, 1.165) is 24.8 Å². The molecule has 1 aromatic heterocycles. The van der Waals surface area contributed by atoms with E-state index >= 15 is 0 Å². The summed E-state index contributed by atoms with van der Waals surface area (Å²) in [5.41, 5.74) is 3.01. The number of Topliss-reactive ketones (excluding diaryl/α,β-unsaturated/α-hetero) is 1. The van der Waals surface area contributed by atoms with Gasteiger partial charge in [0.05, 0.1) is 12.2 Å². The van der Waals surface area contributed by atoms with Crippen LogP contribution in [0.5, 0.6) is 0 Å². The molecule has 0 radical (unpaired) electrons. The fourth-order valence-corrected chi connectivity index (χ4v) is 3.10. The SMILES string of the molecule is CC(=O)Cn1c(-c2ccc3c(c2)CCC3)ccc(C(=O)O)c1=O. The zero-order valence-electron chi connectivity index (χ0n) is 12.8. The van der Waals surface area contributed by atoms with E-state index in [4.69, 9.17) is 5.11 Å². The van der Waals surface area contributed by atoms with Crippen LogP contribution in [0.3, 0.4) is 0 Å². The number of benzene rings is 1. The molecule has 2 aromatic rings. The summed E-state index contributed by atoms with van der Waals surface area (Å²) in [5, 5.41) is 9.11. The third-order valence-electron chi connectivity index (χ3n) is 4.18. The van der Waals surface area contributed by atoms with Crippen molar-refractivity contribution in [2.24, 2.45) is 0 Å². The molecule has 23 heavy (non-hydrogen) atoms. The topological polar surface area (TPSA) is 76.4 Å². The summed E-state index contributed by atoms with van der Waals surface area (Å²) < 4.78 is 1.25. The Labute approximate surface area is 133 Å². The lowest BCUT2D eigenvalue weighted by atomic mass is 10.0. The number of carboxylic acids is 1. The number of aromatic carboxylic acids is 1. The summed E-state index contributed by atoms with van der Waals surface area (Å²) in [6, 6.07) is 8.92. The van der Waals surface area contributed by atoms with Gasteiger partial charge in [-0.2, -0.15) is 0 Å². The van der Waals surface area contributed by atoms with E-state index in [-0.39, 0.29) is 17.9 Å². The van der Waals surface area contributed by atoms with Crippen LogP contribution in [-0.2, 0) is 24.2 Å². The highest BCUT2D eigenvalue weighted by atomic mass is 16.4. The molecular weight excluding hydrogens is 294 g/mol. The number of ketones is 1. The molecule has 1 aliphatic carbocycles. The molecule has 0 fully saturated rings.